The molecule has 30 heavy (non-hydrogen) atoms. The first-order valence-electron chi connectivity index (χ1n) is 10.2. The van der Waals surface area contributed by atoms with Gasteiger partial charge in [-0.1, -0.05) is 42.0 Å². The van der Waals surface area contributed by atoms with E-state index in [0.29, 0.717) is 18.5 Å². The second kappa shape index (κ2) is 9.11. The lowest BCUT2D eigenvalue weighted by atomic mass is 9.98. The van der Waals surface area contributed by atoms with Crippen LogP contribution in [-0.4, -0.2) is 36.4 Å². The molecule has 1 aliphatic heterocycles. The van der Waals surface area contributed by atoms with Gasteiger partial charge < -0.3 is 15.0 Å². The Morgan fingerprint density at radius 1 is 1.03 bits per heavy atom. The standard InChI is InChI=1S/C24H28N2O4/c1-17-9-11-18(12-10-17)21(27)13-14-22(28)30-16-6-15-26-20-8-5-4-7-19(20)25-24(2,3)23(26)29/h4-5,7-12,25H,6,13-16H2,1-3H3. The first kappa shape index (κ1) is 21.6. The van der Waals surface area contributed by atoms with Gasteiger partial charge in [0.15, 0.2) is 5.78 Å². The van der Waals surface area contributed by atoms with E-state index in [-0.39, 0.29) is 31.1 Å². The number of amides is 1. The summed E-state index contributed by atoms with van der Waals surface area (Å²) in [5.74, 6) is -0.490. The third kappa shape index (κ3) is 5.06. The third-order valence-electron chi connectivity index (χ3n) is 5.14. The van der Waals surface area contributed by atoms with E-state index in [2.05, 4.69) is 5.32 Å². The smallest absolute Gasteiger partial charge is 0.306 e. The van der Waals surface area contributed by atoms with Gasteiger partial charge in [0.2, 0.25) is 0 Å². The first-order chi connectivity index (χ1) is 14.3. The van der Waals surface area contributed by atoms with Gasteiger partial charge in [-0.15, -0.1) is 0 Å². The van der Waals surface area contributed by atoms with E-state index in [9.17, 15) is 14.4 Å². The van der Waals surface area contributed by atoms with Crippen molar-refractivity contribution in [1.82, 2.24) is 0 Å². The average molecular weight is 408 g/mol. The minimum Gasteiger partial charge on any atom is -0.466 e. The highest BCUT2D eigenvalue weighted by atomic mass is 16.5. The van der Waals surface area contributed by atoms with Crippen molar-refractivity contribution in [2.24, 2.45) is 0 Å². The zero-order chi connectivity index (χ0) is 21.7. The van der Waals surface area contributed by atoms with Crippen LogP contribution in [0.1, 0.15) is 49.0 Å². The molecule has 158 valence electrons. The van der Waals surface area contributed by atoms with Crippen LogP contribution in [0.5, 0.6) is 0 Å². The normalized spacial score (nSPS) is 14.6. The fraction of sp³-hybridized carbons (Fsp3) is 0.375. The van der Waals surface area contributed by atoms with Gasteiger partial charge in [-0.3, -0.25) is 14.4 Å². The number of esters is 1. The summed E-state index contributed by atoms with van der Waals surface area (Å²) in [5, 5.41) is 3.26. The molecule has 2 aromatic carbocycles. The zero-order valence-electron chi connectivity index (χ0n) is 17.7. The number of nitrogens with one attached hydrogen (secondary N) is 1. The molecule has 1 heterocycles. The molecule has 0 unspecified atom stereocenters. The van der Waals surface area contributed by atoms with Crippen molar-refractivity contribution in [3.63, 3.8) is 0 Å². The van der Waals surface area contributed by atoms with Crippen LogP contribution in [0.4, 0.5) is 11.4 Å². The molecule has 1 amide bonds. The summed E-state index contributed by atoms with van der Waals surface area (Å²) in [6.07, 6.45) is 0.697. The number of carbonyl (C=O) groups is 3. The molecule has 6 nitrogen and oxygen atoms in total. The van der Waals surface area contributed by atoms with E-state index >= 15 is 0 Å². The van der Waals surface area contributed by atoms with Crippen LogP contribution in [-0.2, 0) is 14.3 Å². The number of ether oxygens (including phenoxy) is 1. The lowest BCUT2D eigenvalue weighted by Crippen LogP contribution is -2.54. The number of hydrogen-bond acceptors (Lipinski definition) is 5. The Hall–Kier alpha value is -3.15. The Morgan fingerprint density at radius 2 is 1.73 bits per heavy atom. The van der Waals surface area contributed by atoms with Gasteiger partial charge in [-0.25, -0.2) is 0 Å². The number of hydrogen-bond donors (Lipinski definition) is 1. The average Bonchev–Trinajstić information content (AvgIpc) is 2.72. The van der Waals surface area contributed by atoms with Crippen molar-refractivity contribution >= 4 is 29.0 Å². The maximum atomic E-state index is 12.8. The van der Waals surface area contributed by atoms with E-state index in [1.54, 1.807) is 17.0 Å². The Morgan fingerprint density at radius 3 is 2.47 bits per heavy atom. The molecule has 0 saturated carbocycles. The van der Waals surface area contributed by atoms with Gasteiger partial charge in [0.25, 0.3) is 5.91 Å². The second-order valence-corrected chi connectivity index (χ2v) is 8.09. The fourth-order valence-corrected chi connectivity index (χ4v) is 3.45. The minimum atomic E-state index is -0.693. The summed E-state index contributed by atoms with van der Waals surface area (Å²) in [5.41, 5.74) is 2.74. The molecule has 0 atom stereocenters. The highest BCUT2D eigenvalue weighted by molar-refractivity contribution is 6.07. The highest BCUT2D eigenvalue weighted by Crippen LogP contribution is 2.34. The molecule has 0 aromatic heterocycles. The van der Waals surface area contributed by atoms with Crippen molar-refractivity contribution in [1.29, 1.82) is 0 Å². The predicted octanol–water partition coefficient (Wildman–Crippen LogP) is 4.13. The SMILES string of the molecule is Cc1ccc(C(=O)CCC(=O)OCCCN2C(=O)C(C)(C)Nc3ccccc32)cc1. The number of rotatable bonds is 8. The molecule has 0 spiro atoms. The lowest BCUT2D eigenvalue weighted by molar-refractivity contribution is -0.143. The van der Waals surface area contributed by atoms with Crippen LogP contribution in [0.15, 0.2) is 48.5 Å². The van der Waals surface area contributed by atoms with Crippen molar-refractivity contribution in [2.45, 2.75) is 45.6 Å². The highest BCUT2D eigenvalue weighted by Gasteiger charge is 2.38. The number of ketones is 1. The molecule has 0 radical (unpaired) electrons. The minimum absolute atomic E-state index is 0.0174. The van der Waals surface area contributed by atoms with E-state index in [4.69, 9.17) is 4.74 Å². The molecule has 0 bridgehead atoms. The van der Waals surface area contributed by atoms with E-state index in [1.165, 1.54) is 0 Å². The van der Waals surface area contributed by atoms with E-state index < -0.39 is 11.5 Å². The van der Waals surface area contributed by atoms with Crippen molar-refractivity contribution in [3.8, 4) is 0 Å². The number of Topliss-reactive ketones (excluding diaryl/α,β-unsaturated/α-hetero) is 1. The van der Waals surface area contributed by atoms with Crippen LogP contribution in [0.3, 0.4) is 0 Å². The van der Waals surface area contributed by atoms with Gasteiger partial charge in [0, 0.05) is 18.5 Å². The Bertz CT molecular complexity index is 934. The van der Waals surface area contributed by atoms with E-state index in [1.807, 2.05) is 57.2 Å². The summed E-state index contributed by atoms with van der Waals surface area (Å²) in [6, 6.07) is 15.0. The third-order valence-corrected chi connectivity index (χ3v) is 5.14. The summed E-state index contributed by atoms with van der Waals surface area (Å²) in [4.78, 5) is 38.7. The largest absolute Gasteiger partial charge is 0.466 e. The zero-order valence-corrected chi connectivity index (χ0v) is 17.7. The summed E-state index contributed by atoms with van der Waals surface area (Å²) in [6.45, 7) is 6.32. The number of anilines is 2. The van der Waals surface area contributed by atoms with Gasteiger partial charge in [-0.05, 0) is 39.3 Å². The van der Waals surface area contributed by atoms with Crippen LogP contribution in [0.25, 0.3) is 0 Å². The topological polar surface area (TPSA) is 75.7 Å². The van der Waals surface area contributed by atoms with Crippen molar-refractivity contribution in [3.05, 3.63) is 59.7 Å². The predicted molar refractivity (Wildman–Crippen MR) is 117 cm³/mol. The molecule has 0 fully saturated rings. The number of aryl methyl sites for hydroxylation is 1. The molecule has 1 aliphatic rings. The van der Waals surface area contributed by atoms with E-state index in [0.717, 1.165) is 16.9 Å². The number of carbonyl (C=O) groups excluding carboxylic acids is 3. The number of nitrogens with zero attached hydrogens (tertiary/aromatic N) is 1. The monoisotopic (exact) mass is 408 g/mol. The molecule has 0 saturated heterocycles. The Labute approximate surface area is 177 Å². The molecule has 6 heteroatoms. The maximum Gasteiger partial charge on any atom is 0.306 e. The van der Waals surface area contributed by atoms with Gasteiger partial charge in [0.05, 0.1) is 24.4 Å². The van der Waals surface area contributed by atoms with Gasteiger partial charge in [-0.2, -0.15) is 0 Å². The molecule has 1 N–H and O–H groups in total. The van der Waals surface area contributed by atoms with Crippen LogP contribution in [0.2, 0.25) is 0 Å². The first-order valence-corrected chi connectivity index (χ1v) is 10.2. The number of benzene rings is 2. The number of para-hydroxylation sites is 2. The summed E-state index contributed by atoms with van der Waals surface area (Å²) >= 11 is 0. The fourth-order valence-electron chi connectivity index (χ4n) is 3.45. The molecular formula is C24H28N2O4. The van der Waals surface area contributed by atoms with Crippen LogP contribution >= 0.6 is 0 Å². The van der Waals surface area contributed by atoms with Crippen LogP contribution < -0.4 is 10.2 Å². The van der Waals surface area contributed by atoms with Crippen molar-refractivity contribution in [2.75, 3.05) is 23.4 Å². The lowest BCUT2D eigenvalue weighted by Gasteiger charge is -2.40. The summed E-state index contributed by atoms with van der Waals surface area (Å²) < 4.78 is 5.27. The molecule has 2 aromatic rings. The van der Waals surface area contributed by atoms with Crippen molar-refractivity contribution < 1.29 is 19.1 Å². The summed E-state index contributed by atoms with van der Waals surface area (Å²) in [7, 11) is 0. The Kier molecular flexibility index (Phi) is 6.55. The molecule has 0 aliphatic carbocycles. The molecular weight excluding hydrogens is 380 g/mol. The van der Waals surface area contributed by atoms with Gasteiger partial charge in [0.1, 0.15) is 5.54 Å². The second-order valence-electron chi connectivity index (χ2n) is 8.09. The molecule has 3 rings (SSSR count). The Balaban J connectivity index is 1.45. The van der Waals surface area contributed by atoms with Crippen LogP contribution in [0, 0.1) is 6.92 Å². The number of fused-ring (bicyclic) bond motifs is 1. The maximum absolute atomic E-state index is 12.8. The quantitative estimate of drug-likeness (QED) is 0.404. The van der Waals surface area contributed by atoms with Gasteiger partial charge >= 0.3 is 5.97 Å².